The van der Waals surface area contributed by atoms with Crippen molar-refractivity contribution in [1.29, 1.82) is 0 Å². The van der Waals surface area contributed by atoms with Gasteiger partial charge in [-0.3, -0.25) is 0 Å². The Morgan fingerprint density at radius 1 is 1.04 bits per heavy atom. The van der Waals surface area contributed by atoms with E-state index in [0.717, 1.165) is 5.56 Å². The monoisotopic (exact) mass is 375 g/mol. The highest BCUT2D eigenvalue weighted by molar-refractivity contribution is 7.90. The van der Waals surface area contributed by atoms with E-state index in [9.17, 15) is 16.8 Å². The number of likely N-dealkylation sites (N-methyl/N-ethyl adjacent to an activating group) is 1. The third-order valence-corrected chi connectivity index (χ3v) is 7.62. The number of hydrogen-bond donors (Lipinski definition) is 1. The first-order chi connectivity index (χ1) is 11.1. The second kappa shape index (κ2) is 7.49. The highest BCUT2D eigenvalue weighted by Crippen LogP contribution is 2.16. The van der Waals surface area contributed by atoms with E-state index in [2.05, 4.69) is 9.62 Å². The lowest BCUT2D eigenvalue weighted by atomic mass is 10.2. The maximum atomic E-state index is 12.3. The van der Waals surface area contributed by atoms with Crippen LogP contribution in [0.2, 0.25) is 0 Å². The molecule has 136 valence electrons. The van der Waals surface area contributed by atoms with Crippen LogP contribution in [-0.4, -0.2) is 71.6 Å². The van der Waals surface area contributed by atoms with E-state index in [4.69, 9.17) is 0 Å². The molecule has 0 radical (unpaired) electrons. The Kier molecular flexibility index (Phi) is 6.03. The minimum atomic E-state index is -3.71. The van der Waals surface area contributed by atoms with Gasteiger partial charge in [-0.1, -0.05) is 17.7 Å². The lowest BCUT2D eigenvalue weighted by Gasteiger charge is -2.31. The van der Waals surface area contributed by atoms with Crippen molar-refractivity contribution < 1.29 is 16.8 Å². The summed E-state index contributed by atoms with van der Waals surface area (Å²) in [4.78, 5) is 2.25. The van der Waals surface area contributed by atoms with Gasteiger partial charge >= 0.3 is 0 Å². The average Bonchev–Trinajstić information content (AvgIpc) is 2.46. The number of nitrogens with zero attached hydrogens (tertiary/aromatic N) is 2. The maximum absolute atomic E-state index is 12.3. The number of benzene rings is 1. The van der Waals surface area contributed by atoms with Gasteiger partial charge in [0.05, 0.1) is 10.6 Å². The summed E-state index contributed by atoms with van der Waals surface area (Å²) < 4.78 is 53.1. The first-order valence-electron chi connectivity index (χ1n) is 7.85. The predicted molar refractivity (Wildman–Crippen MR) is 94.0 cm³/mol. The van der Waals surface area contributed by atoms with E-state index in [-0.39, 0.29) is 17.2 Å². The zero-order valence-electron chi connectivity index (χ0n) is 14.3. The van der Waals surface area contributed by atoms with Crippen molar-refractivity contribution in [3.8, 4) is 0 Å². The molecule has 24 heavy (non-hydrogen) atoms. The number of aryl methyl sites for hydroxylation is 2. The fraction of sp³-hybridized carbons (Fsp3) is 0.600. The first-order valence-corrected chi connectivity index (χ1v) is 10.9. The molecular formula is C15H25N3O4S2. The number of piperazine rings is 1. The summed E-state index contributed by atoms with van der Waals surface area (Å²) in [6.07, 6.45) is 0. The molecular weight excluding hydrogens is 350 g/mol. The van der Waals surface area contributed by atoms with E-state index in [1.165, 1.54) is 4.31 Å². The maximum Gasteiger partial charge on any atom is 0.240 e. The zero-order chi connectivity index (χ0) is 18.0. The Labute approximate surface area is 144 Å². The molecule has 0 unspecified atom stereocenters. The van der Waals surface area contributed by atoms with Gasteiger partial charge in [0.15, 0.2) is 0 Å². The minimum Gasteiger partial charge on any atom is -0.304 e. The van der Waals surface area contributed by atoms with Crippen molar-refractivity contribution in [1.82, 2.24) is 13.9 Å². The summed E-state index contributed by atoms with van der Waals surface area (Å²) in [6, 6.07) is 5.06. The first kappa shape index (κ1) is 19.3. The van der Waals surface area contributed by atoms with Crippen LogP contribution in [0.25, 0.3) is 0 Å². The van der Waals surface area contributed by atoms with Gasteiger partial charge in [-0.15, -0.1) is 0 Å². The number of nitrogens with one attached hydrogen (secondary N) is 1. The highest BCUT2D eigenvalue weighted by atomic mass is 32.2. The molecule has 1 fully saturated rings. The third kappa shape index (κ3) is 4.76. The van der Waals surface area contributed by atoms with E-state index >= 15 is 0 Å². The standard InChI is InChI=1S/C15H25N3O4S2/c1-13-4-5-15(14(2)12-13)24(21,22)16-6-11-23(19,20)18-9-7-17(3)8-10-18/h4-5,12,16H,6-11H2,1-3H3. The molecule has 1 heterocycles. The molecule has 0 atom stereocenters. The lowest BCUT2D eigenvalue weighted by Crippen LogP contribution is -2.48. The Bertz CT molecular complexity index is 783. The summed E-state index contributed by atoms with van der Waals surface area (Å²) in [5.41, 5.74) is 1.62. The van der Waals surface area contributed by atoms with Crippen molar-refractivity contribution >= 4 is 20.0 Å². The number of hydrogen-bond acceptors (Lipinski definition) is 5. The van der Waals surface area contributed by atoms with E-state index in [1.54, 1.807) is 25.1 Å². The summed E-state index contributed by atoms with van der Waals surface area (Å²) >= 11 is 0. The largest absolute Gasteiger partial charge is 0.304 e. The van der Waals surface area contributed by atoms with Crippen molar-refractivity contribution in [3.63, 3.8) is 0 Å². The molecule has 1 N–H and O–H groups in total. The molecule has 0 bridgehead atoms. The van der Waals surface area contributed by atoms with Gasteiger partial charge in [-0.05, 0) is 32.5 Å². The number of rotatable bonds is 6. The van der Waals surface area contributed by atoms with Crippen LogP contribution < -0.4 is 4.72 Å². The summed E-state index contributed by atoms with van der Waals surface area (Å²) in [5.74, 6) is -0.235. The zero-order valence-corrected chi connectivity index (χ0v) is 16.0. The van der Waals surface area contributed by atoms with Crippen LogP contribution in [0.5, 0.6) is 0 Å². The van der Waals surface area contributed by atoms with Crippen LogP contribution >= 0.6 is 0 Å². The van der Waals surface area contributed by atoms with Crippen LogP contribution in [0.15, 0.2) is 23.1 Å². The van der Waals surface area contributed by atoms with Crippen molar-refractivity contribution in [2.24, 2.45) is 0 Å². The highest BCUT2D eigenvalue weighted by Gasteiger charge is 2.26. The molecule has 0 saturated carbocycles. The molecule has 9 heteroatoms. The quantitative estimate of drug-likeness (QED) is 0.765. The van der Waals surface area contributed by atoms with Crippen molar-refractivity contribution in [2.75, 3.05) is 45.5 Å². The summed E-state index contributed by atoms with van der Waals surface area (Å²) in [6.45, 7) is 5.75. The van der Waals surface area contributed by atoms with E-state index < -0.39 is 20.0 Å². The smallest absolute Gasteiger partial charge is 0.240 e. The van der Waals surface area contributed by atoms with Gasteiger partial charge in [0.2, 0.25) is 20.0 Å². The lowest BCUT2D eigenvalue weighted by molar-refractivity contribution is 0.222. The molecule has 2 rings (SSSR count). The van der Waals surface area contributed by atoms with Crippen LogP contribution in [0.1, 0.15) is 11.1 Å². The molecule has 7 nitrogen and oxygen atoms in total. The molecule has 1 aromatic carbocycles. The molecule has 0 aromatic heterocycles. The summed E-state index contributed by atoms with van der Waals surface area (Å²) in [5, 5.41) is 0. The molecule has 1 saturated heterocycles. The SMILES string of the molecule is Cc1ccc(S(=O)(=O)NCCS(=O)(=O)N2CCN(C)CC2)c(C)c1. The molecule has 1 aromatic rings. The van der Waals surface area contributed by atoms with Gasteiger partial charge in [-0.25, -0.2) is 21.6 Å². The van der Waals surface area contributed by atoms with Gasteiger partial charge in [0.25, 0.3) is 0 Å². The van der Waals surface area contributed by atoms with E-state index in [1.807, 2.05) is 14.0 Å². The number of sulfonamides is 2. The van der Waals surface area contributed by atoms with E-state index in [0.29, 0.717) is 31.7 Å². The second-order valence-corrected chi connectivity index (χ2v) is 10.0. The van der Waals surface area contributed by atoms with Crippen LogP contribution in [0.3, 0.4) is 0 Å². The normalized spacial score (nSPS) is 18.0. The molecule has 1 aliphatic heterocycles. The van der Waals surface area contributed by atoms with Gasteiger partial charge < -0.3 is 4.90 Å². The van der Waals surface area contributed by atoms with Crippen LogP contribution in [0.4, 0.5) is 0 Å². The van der Waals surface area contributed by atoms with Crippen molar-refractivity contribution in [3.05, 3.63) is 29.3 Å². The Hall–Kier alpha value is -1.00. The van der Waals surface area contributed by atoms with Crippen molar-refractivity contribution in [2.45, 2.75) is 18.7 Å². The van der Waals surface area contributed by atoms with Gasteiger partial charge in [0.1, 0.15) is 0 Å². The fourth-order valence-electron chi connectivity index (χ4n) is 2.68. The molecule has 0 aliphatic carbocycles. The Morgan fingerprint density at radius 2 is 1.67 bits per heavy atom. The molecule has 0 amide bonds. The predicted octanol–water partition coefficient (Wildman–Crippen LogP) is 0.159. The summed E-state index contributed by atoms with van der Waals surface area (Å²) in [7, 11) is -5.21. The Balaban J connectivity index is 1.97. The second-order valence-electron chi connectivity index (χ2n) is 6.19. The molecule has 1 aliphatic rings. The van der Waals surface area contributed by atoms with Gasteiger partial charge in [-0.2, -0.15) is 4.31 Å². The topological polar surface area (TPSA) is 86.8 Å². The average molecular weight is 376 g/mol. The van der Waals surface area contributed by atoms with Crippen LogP contribution in [0, 0.1) is 13.8 Å². The minimum absolute atomic E-state index is 0.135. The Morgan fingerprint density at radius 3 is 2.25 bits per heavy atom. The van der Waals surface area contributed by atoms with Gasteiger partial charge in [0, 0.05) is 32.7 Å². The fourth-order valence-corrected chi connectivity index (χ4v) is 5.40. The third-order valence-electron chi connectivity index (χ3n) is 4.13. The van der Waals surface area contributed by atoms with Crippen LogP contribution in [-0.2, 0) is 20.0 Å². The molecule has 0 spiro atoms.